The molecular formula is C21H35IN4O3. The van der Waals surface area contributed by atoms with Crippen LogP contribution in [0.4, 0.5) is 0 Å². The van der Waals surface area contributed by atoms with Crippen molar-refractivity contribution in [1.82, 2.24) is 15.6 Å². The average Bonchev–Trinajstić information content (AvgIpc) is 3.38. The number of nitrogens with zero attached hydrogens (tertiary/aromatic N) is 2. The third-order valence-electron chi connectivity index (χ3n) is 5.64. The molecule has 0 radical (unpaired) electrons. The van der Waals surface area contributed by atoms with Gasteiger partial charge in [-0.1, -0.05) is 6.07 Å². The first-order valence-electron chi connectivity index (χ1n) is 10.6. The van der Waals surface area contributed by atoms with Crippen LogP contribution in [-0.2, 0) is 11.3 Å². The van der Waals surface area contributed by atoms with Crippen molar-refractivity contribution in [2.24, 2.45) is 10.4 Å². The Kier molecular flexibility index (Phi) is 10.4. The van der Waals surface area contributed by atoms with Gasteiger partial charge in [0.15, 0.2) is 5.96 Å². The minimum Gasteiger partial charge on any atom is -0.474 e. The number of guanidine groups is 1. The fraction of sp³-hybridized carbons (Fsp3) is 0.714. The SMILES string of the molecule is CCNC(=NCc1cccnc1OC1CCCC1)NCC1(CCO)CCOC1.I. The van der Waals surface area contributed by atoms with Gasteiger partial charge in [0.1, 0.15) is 6.10 Å². The Morgan fingerprint density at radius 2 is 2.21 bits per heavy atom. The molecule has 1 saturated heterocycles. The molecule has 1 aliphatic carbocycles. The van der Waals surface area contributed by atoms with Crippen molar-refractivity contribution in [3.63, 3.8) is 0 Å². The summed E-state index contributed by atoms with van der Waals surface area (Å²) < 4.78 is 11.7. The standard InChI is InChI=1S/C21H34N4O3.HI/c1-2-22-20(25-15-21(9-12-26)10-13-27-16-21)24-14-17-6-5-11-23-19(17)28-18-7-3-4-8-18;/h5-6,11,18,26H,2-4,7-10,12-16H2,1H3,(H2,22,24,25);1H. The minimum atomic E-state index is -0.0179. The molecule has 0 amide bonds. The second-order valence-corrected chi connectivity index (χ2v) is 7.82. The van der Waals surface area contributed by atoms with E-state index in [2.05, 4.69) is 22.5 Å². The zero-order chi connectivity index (χ0) is 19.7. The number of halogens is 1. The highest BCUT2D eigenvalue weighted by Gasteiger charge is 2.34. The van der Waals surface area contributed by atoms with Crippen LogP contribution < -0.4 is 15.4 Å². The predicted molar refractivity (Wildman–Crippen MR) is 125 cm³/mol. The van der Waals surface area contributed by atoms with Crippen LogP contribution >= 0.6 is 24.0 Å². The third kappa shape index (κ3) is 7.25. The fourth-order valence-electron chi connectivity index (χ4n) is 3.90. The molecule has 2 fully saturated rings. The number of ether oxygens (including phenoxy) is 2. The van der Waals surface area contributed by atoms with E-state index in [1.807, 2.05) is 12.1 Å². The lowest BCUT2D eigenvalue weighted by Gasteiger charge is -2.27. The van der Waals surface area contributed by atoms with Crippen LogP contribution in [0, 0.1) is 5.41 Å². The van der Waals surface area contributed by atoms with E-state index in [1.165, 1.54) is 12.8 Å². The first-order chi connectivity index (χ1) is 13.7. The lowest BCUT2D eigenvalue weighted by atomic mass is 9.84. The Hall–Kier alpha value is -1.13. The minimum absolute atomic E-state index is 0. The van der Waals surface area contributed by atoms with Gasteiger partial charge in [0.25, 0.3) is 0 Å². The van der Waals surface area contributed by atoms with Crippen LogP contribution in [0.1, 0.15) is 51.0 Å². The number of hydrogen-bond donors (Lipinski definition) is 3. The quantitative estimate of drug-likeness (QED) is 0.265. The van der Waals surface area contributed by atoms with Gasteiger partial charge in [-0.3, -0.25) is 0 Å². The number of aliphatic hydroxyl groups is 1. The Morgan fingerprint density at radius 3 is 2.90 bits per heavy atom. The van der Waals surface area contributed by atoms with Gasteiger partial charge in [-0.2, -0.15) is 0 Å². The third-order valence-corrected chi connectivity index (χ3v) is 5.64. The van der Waals surface area contributed by atoms with E-state index in [0.717, 1.165) is 56.9 Å². The molecule has 164 valence electrons. The summed E-state index contributed by atoms with van der Waals surface area (Å²) in [5.41, 5.74) is 0.983. The first-order valence-corrected chi connectivity index (χ1v) is 10.6. The Bertz CT molecular complexity index is 632. The van der Waals surface area contributed by atoms with Crippen LogP contribution in [0.2, 0.25) is 0 Å². The van der Waals surface area contributed by atoms with E-state index in [0.29, 0.717) is 19.0 Å². The number of hydrogen-bond acceptors (Lipinski definition) is 5. The maximum absolute atomic E-state index is 9.41. The maximum atomic E-state index is 9.41. The molecule has 1 aliphatic heterocycles. The highest BCUT2D eigenvalue weighted by atomic mass is 127. The van der Waals surface area contributed by atoms with Crippen molar-refractivity contribution in [2.45, 2.75) is 58.1 Å². The Balaban J connectivity index is 0.00000300. The van der Waals surface area contributed by atoms with Crippen molar-refractivity contribution in [1.29, 1.82) is 0 Å². The Morgan fingerprint density at radius 1 is 1.38 bits per heavy atom. The molecule has 0 aromatic carbocycles. The predicted octanol–water partition coefficient (Wildman–Crippen LogP) is 2.87. The van der Waals surface area contributed by atoms with Crippen LogP contribution in [0.15, 0.2) is 23.3 Å². The van der Waals surface area contributed by atoms with Gasteiger partial charge in [0.05, 0.1) is 13.2 Å². The maximum Gasteiger partial charge on any atom is 0.218 e. The number of pyridine rings is 1. The second-order valence-electron chi connectivity index (χ2n) is 7.82. The lowest BCUT2D eigenvalue weighted by Crippen LogP contribution is -2.44. The van der Waals surface area contributed by atoms with Gasteiger partial charge in [0.2, 0.25) is 5.88 Å². The molecule has 2 heterocycles. The van der Waals surface area contributed by atoms with Crippen molar-refractivity contribution in [3.05, 3.63) is 23.9 Å². The molecule has 1 atom stereocenters. The summed E-state index contributed by atoms with van der Waals surface area (Å²) in [6, 6.07) is 3.96. The molecule has 3 rings (SSSR count). The molecule has 1 unspecified atom stereocenters. The van der Waals surface area contributed by atoms with Crippen molar-refractivity contribution in [3.8, 4) is 5.88 Å². The summed E-state index contributed by atoms with van der Waals surface area (Å²) >= 11 is 0. The van der Waals surface area contributed by atoms with Gasteiger partial charge < -0.3 is 25.2 Å². The van der Waals surface area contributed by atoms with Crippen LogP contribution in [0.5, 0.6) is 5.88 Å². The molecule has 3 N–H and O–H groups in total. The van der Waals surface area contributed by atoms with Crippen molar-refractivity contribution in [2.75, 3.05) is 32.9 Å². The molecule has 8 heteroatoms. The highest BCUT2D eigenvalue weighted by molar-refractivity contribution is 14.0. The van der Waals surface area contributed by atoms with Crippen molar-refractivity contribution < 1.29 is 14.6 Å². The largest absolute Gasteiger partial charge is 0.474 e. The van der Waals surface area contributed by atoms with E-state index in [4.69, 9.17) is 14.5 Å². The van der Waals surface area contributed by atoms with E-state index < -0.39 is 0 Å². The summed E-state index contributed by atoms with van der Waals surface area (Å²) in [4.78, 5) is 9.18. The summed E-state index contributed by atoms with van der Waals surface area (Å²) in [5.74, 6) is 1.47. The number of rotatable bonds is 9. The molecule has 1 aromatic rings. The monoisotopic (exact) mass is 518 g/mol. The molecule has 1 aromatic heterocycles. The van der Waals surface area contributed by atoms with Gasteiger partial charge in [0, 0.05) is 43.5 Å². The zero-order valence-corrected chi connectivity index (χ0v) is 19.7. The zero-order valence-electron chi connectivity index (χ0n) is 17.4. The van der Waals surface area contributed by atoms with Gasteiger partial charge in [-0.05, 0) is 51.5 Å². The molecule has 0 spiro atoms. The van der Waals surface area contributed by atoms with E-state index >= 15 is 0 Å². The molecule has 29 heavy (non-hydrogen) atoms. The Labute approximate surface area is 191 Å². The van der Waals surface area contributed by atoms with Gasteiger partial charge >= 0.3 is 0 Å². The molecule has 2 aliphatic rings. The van der Waals surface area contributed by atoms with Crippen LogP contribution in [0.25, 0.3) is 0 Å². The number of aliphatic imine (C=N–C) groups is 1. The average molecular weight is 518 g/mol. The van der Waals surface area contributed by atoms with E-state index in [-0.39, 0.29) is 42.1 Å². The van der Waals surface area contributed by atoms with E-state index in [9.17, 15) is 5.11 Å². The second kappa shape index (κ2) is 12.5. The number of nitrogens with one attached hydrogen (secondary N) is 2. The normalized spacial score (nSPS) is 22.3. The van der Waals surface area contributed by atoms with Gasteiger partial charge in [-0.25, -0.2) is 9.98 Å². The number of aliphatic hydroxyl groups excluding tert-OH is 1. The lowest BCUT2D eigenvalue weighted by molar-refractivity contribution is 0.127. The smallest absolute Gasteiger partial charge is 0.218 e. The fourth-order valence-corrected chi connectivity index (χ4v) is 3.90. The van der Waals surface area contributed by atoms with Crippen LogP contribution in [-0.4, -0.2) is 55.1 Å². The molecule has 0 bridgehead atoms. The van der Waals surface area contributed by atoms with Crippen LogP contribution in [0.3, 0.4) is 0 Å². The topological polar surface area (TPSA) is 88.0 Å². The van der Waals surface area contributed by atoms with E-state index in [1.54, 1.807) is 6.20 Å². The van der Waals surface area contributed by atoms with Crippen molar-refractivity contribution >= 4 is 29.9 Å². The number of aromatic nitrogens is 1. The summed E-state index contributed by atoms with van der Waals surface area (Å²) in [7, 11) is 0. The summed E-state index contributed by atoms with van der Waals surface area (Å²) in [5, 5.41) is 16.2. The molecule has 7 nitrogen and oxygen atoms in total. The highest BCUT2D eigenvalue weighted by Crippen LogP contribution is 2.31. The summed E-state index contributed by atoms with van der Waals surface area (Å²) in [6.45, 7) is 5.70. The molecular weight excluding hydrogens is 483 g/mol. The summed E-state index contributed by atoms with van der Waals surface area (Å²) in [6.07, 6.45) is 8.45. The van der Waals surface area contributed by atoms with Gasteiger partial charge in [-0.15, -0.1) is 24.0 Å². The first kappa shape index (κ1) is 24.1. The molecule has 1 saturated carbocycles.